The van der Waals surface area contributed by atoms with Crippen LogP contribution in [0.25, 0.3) is 0 Å². The van der Waals surface area contributed by atoms with Crippen LogP contribution in [0, 0.1) is 0 Å². The smallest absolute Gasteiger partial charge is 0.131 e. The second-order valence-corrected chi connectivity index (χ2v) is 4.42. The zero-order valence-electron chi connectivity index (χ0n) is 10.2. The van der Waals surface area contributed by atoms with E-state index in [1.807, 2.05) is 12.1 Å². The predicted molar refractivity (Wildman–Crippen MR) is 71.3 cm³/mol. The second kappa shape index (κ2) is 7.50. The summed E-state index contributed by atoms with van der Waals surface area (Å²) in [7, 11) is 0. The Hall–Kier alpha value is -0.760. The van der Waals surface area contributed by atoms with Gasteiger partial charge in [0, 0.05) is 25.0 Å². The van der Waals surface area contributed by atoms with Crippen LogP contribution in [0.3, 0.4) is 0 Å². The summed E-state index contributed by atoms with van der Waals surface area (Å²) in [4.78, 5) is 6.42. The molecular formula is C13H21ClN2. The van der Waals surface area contributed by atoms with Gasteiger partial charge in [-0.25, -0.2) is 4.98 Å². The van der Waals surface area contributed by atoms with E-state index in [1.165, 1.54) is 31.4 Å². The quantitative estimate of drug-likeness (QED) is 0.666. The Bertz CT molecular complexity index is 294. The minimum atomic E-state index is 0.579. The molecule has 2 nitrogen and oxygen atoms in total. The maximum absolute atomic E-state index is 5.92. The van der Waals surface area contributed by atoms with Crippen LogP contribution < -0.4 is 4.90 Å². The van der Waals surface area contributed by atoms with E-state index in [-0.39, 0.29) is 0 Å². The minimum Gasteiger partial charge on any atom is -0.371 e. The predicted octanol–water partition coefficient (Wildman–Crippen LogP) is 4.14. The van der Waals surface area contributed by atoms with Crippen molar-refractivity contribution in [3.63, 3.8) is 0 Å². The highest BCUT2D eigenvalue weighted by molar-refractivity contribution is 6.29. The number of rotatable bonds is 7. The number of anilines is 1. The lowest BCUT2D eigenvalue weighted by molar-refractivity contribution is 0.678. The van der Waals surface area contributed by atoms with Crippen molar-refractivity contribution >= 4 is 17.3 Å². The number of hydrogen-bond donors (Lipinski definition) is 0. The summed E-state index contributed by atoms with van der Waals surface area (Å²) in [5, 5.41) is 0.579. The van der Waals surface area contributed by atoms with Gasteiger partial charge in [0.25, 0.3) is 0 Å². The van der Waals surface area contributed by atoms with Crippen LogP contribution in [0.5, 0.6) is 0 Å². The van der Waals surface area contributed by atoms with Gasteiger partial charge in [-0.1, -0.05) is 38.3 Å². The van der Waals surface area contributed by atoms with Crippen molar-refractivity contribution in [3.05, 3.63) is 23.5 Å². The first-order valence-corrected chi connectivity index (χ1v) is 6.52. The molecule has 0 amide bonds. The van der Waals surface area contributed by atoms with Crippen molar-refractivity contribution in [2.75, 3.05) is 18.0 Å². The SMILES string of the molecule is CCCCN(CCCC)c1ccnc(Cl)c1. The van der Waals surface area contributed by atoms with E-state index in [9.17, 15) is 0 Å². The average Bonchev–Trinajstić information content (AvgIpc) is 2.29. The van der Waals surface area contributed by atoms with Crippen molar-refractivity contribution in [2.24, 2.45) is 0 Å². The Morgan fingerprint density at radius 2 is 1.81 bits per heavy atom. The molecule has 1 aromatic heterocycles. The molecule has 0 saturated heterocycles. The van der Waals surface area contributed by atoms with Gasteiger partial charge in [-0.15, -0.1) is 0 Å². The molecule has 0 aliphatic heterocycles. The lowest BCUT2D eigenvalue weighted by Gasteiger charge is -2.24. The molecule has 0 N–H and O–H groups in total. The topological polar surface area (TPSA) is 16.1 Å². The lowest BCUT2D eigenvalue weighted by Crippen LogP contribution is -2.25. The third kappa shape index (κ3) is 4.40. The normalized spacial score (nSPS) is 10.4. The number of hydrogen-bond acceptors (Lipinski definition) is 2. The van der Waals surface area contributed by atoms with E-state index in [1.54, 1.807) is 6.20 Å². The largest absolute Gasteiger partial charge is 0.371 e. The molecule has 0 unspecified atom stereocenters. The number of pyridine rings is 1. The first-order valence-electron chi connectivity index (χ1n) is 6.14. The molecule has 0 atom stereocenters. The van der Waals surface area contributed by atoms with E-state index in [4.69, 9.17) is 11.6 Å². The summed E-state index contributed by atoms with van der Waals surface area (Å²) in [5.74, 6) is 0. The fraction of sp³-hybridized carbons (Fsp3) is 0.615. The van der Waals surface area contributed by atoms with Crippen molar-refractivity contribution in [1.29, 1.82) is 0 Å². The molecule has 90 valence electrons. The van der Waals surface area contributed by atoms with E-state index in [0.717, 1.165) is 13.1 Å². The van der Waals surface area contributed by atoms with Gasteiger partial charge in [0.2, 0.25) is 0 Å². The summed E-state index contributed by atoms with van der Waals surface area (Å²) in [6.45, 7) is 6.66. The summed E-state index contributed by atoms with van der Waals surface area (Å²) in [5.41, 5.74) is 1.20. The molecule has 0 fully saturated rings. The van der Waals surface area contributed by atoms with Crippen molar-refractivity contribution in [2.45, 2.75) is 39.5 Å². The molecule has 16 heavy (non-hydrogen) atoms. The zero-order chi connectivity index (χ0) is 11.8. The molecule has 0 aliphatic rings. The van der Waals surface area contributed by atoms with Crippen LogP contribution in [0.2, 0.25) is 5.15 Å². The highest BCUT2D eigenvalue weighted by atomic mass is 35.5. The van der Waals surface area contributed by atoms with Crippen molar-refractivity contribution in [3.8, 4) is 0 Å². The summed E-state index contributed by atoms with van der Waals surface area (Å²) < 4.78 is 0. The van der Waals surface area contributed by atoms with Crippen LogP contribution in [0.4, 0.5) is 5.69 Å². The van der Waals surface area contributed by atoms with Gasteiger partial charge in [0.1, 0.15) is 5.15 Å². The zero-order valence-corrected chi connectivity index (χ0v) is 11.0. The Morgan fingerprint density at radius 1 is 1.19 bits per heavy atom. The molecule has 0 bridgehead atoms. The van der Waals surface area contributed by atoms with Crippen LogP contribution >= 0.6 is 11.6 Å². The number of halogens is 1. The summed E-state index contributed by atoms with van der Waals surface area (Å²) >= 11 is 5.92. The van der Waals surface area contributed by atoms with Gasteiger partial charge in [-0.05, 0) is 25.0 Å². The Morgan fingerprint density at radius 3 is 2.31 bits per heavy atom. The highest BCUT2D eigenvalue weighted by Crippen LogP contribution is 2.18. The first-order chi connectivity index (χ1) is 7.77. The first kappa shape index (κ1) is 13.3. The van der Waals surface area contributed by atoms with Gasteiger partial charge >= 0.3 is 0 Å². The van der Waals surface area contributed by atoms with Gasteiger partial charge in [-0.3, -0.25) is 0 Å². The molecule has 0 saturated carbocycles. The highest BCUT2D eigenvalue weighted by Gasteiger charge is 2.05. The van der Waals surface area contributed by atoms with Crippen LogP contribution in [-0.2, 0) is 0 Å². The van der Waals surface area contributed by atoms with Gasteiger partial charge < -0.3 is 4.90 Å². The van der Waals surface area contributed by atoms with Gasteiger partial charge in [-0.2, -0.15) is 0 Å². The van der Waals surface area contributed by atoms with E-state index in [0.29, 0.717) is 5.15 Å². The van der Waals surface area contributed by atoms with E-state index < -0.39 is 0 Å². The third-order valence-electron chi connectivity index (χ3n) is 2.64. The number of unbranched alkanes of at least 4 members (excludes halogenated alkanes) is 2. The van der Waals surface area contributed by atoms with Gasteiger partial charge in [0.15, 0.2) is 0 Å². The molecule has 0 aromatic carbocycles. The Kier molecular flexibility index (Phi) is 6.24. The van der Waals surface area contributed by atoms with Crippen molar-refractivity contribution in [1.82, 2.24) is 4.98 Å². The number of aromatic nitrogens is 1. The van der Waals surface area contributed by atoms with Gasteiger partial charge in [0.05, 0.1) is 0 Å². The maximum atomic E-state index is 5.92. The summed E-state index contributed by atoms with van der Waals surface area (Å²) in [6, 6.07) is 3.99. The maximum Gasteiger partial charge on any atom is 0.131 e. The molecule has 0 aliphatic carbocycles. The summed E-state index contributed by atoms with van der Waals surface area (Å²) in [6.07, 6.45) is 6.68. The minimum absolute atomic E-state index is 0.579. The molecule has 1 rings (SSSR count). The Labute approximate surface area is 104 Å². The fourth-order valence-corrected chi connectivity index (χ4v) is 1.83. The van der Waals surface area contributed by atoms with Crippen molar-refractivity contribution < 1.29 is 0 Å². The van der Waals surface area contributed by atoms with Crippen LogP contribution in [0.1, 0.15) is 39.5 Å². The fourth-order valence-electron chi connectivity index (χ4n) is 1.66. The molecule has 1 aromatic rings. The standard InChI is InChI=1S/C13H21ClN2/c1-3-5-9-16(10-6-4-2)12-7-8-15-13(14)11-12/h7-8,11H,3-6,9-10H2,1-2H3. The average molecular weight is 241 g/mol. The molecule has 3 heteroatoms. The second-order valence-electron chi connectivity index (χ2n) is 4.03. The lowest BCUT2D eigenvalue weighted by atomic mass is 10.2. The molecule has 0 spiro atoms. The molecular weight excluding hydrogens is 220 g/mol. The van der Waals surface area contributed by atoms with E-state index in [2.05, 4.69) is 23.7 Å². The Balaban J connectivity index is 2.66. The third-order valence-corrected chi connectivity index (χ3v) is 2.85. The van der Waals surface area contributed by atoms with Crippen LogP contribution in [-0.4, -0.2) is 18.1 Å². The molecule has 1 heterocycles. The van der Waals surface area contributed by atoms with E-state index >= 15 is 0 Å². The monoisotopic (exact) mass is 240 g/mol. The van der Waals surface area contributed by atoms with Crippen LogP contribution in [0.15, 0.2) is 18.3 Å². The molecule has 0 radical (unpaired) electrons. The number of nitrogens with zero attached hydrogens (tertiary/aromatic N) is 2.